The molecule has 1 fully saturated rings. The lowest BCUT2D eigenvalue weighted by molar-refractivity contribution is 0.587. The molecule has 0 aromatic carbocycles. The molecule has 1 aromatic rings. The minimum atomic E-state index is 0.511. The van der Waals surface area contributed by atoms with Crippen molar-refractivity contribution in [2.24, 2.45) is 5.92 Å². The van der Waals surface area contributed by atoms with E-state index in [4.69, 9.17) is 4.98 Å². The van der Waals surface area contributed by atoms with Crippen molar-refractivity contribution in [3.8, 4) is 0 Å². The fourth-order valence-corrected chi connectivity index (χ4v) is 2.47. The maximum atomic E-state index is 4.74. The zero-order valence-corrected chi connectivity index (χ0v) is 13.6. The van der Waals surface area contributed by atoms with Crippen LogP contribution in [-0.4, -0.2) is 23.6 Å². The normalized spacial score (nSPS) is 15.2. The number of aromatic nitrogens is 1. The van der Waals surface area contributed by atoms with Crippen molar-refractivity contribution in [3.05, 3.63) is 23.4 Å². The SMILES string of the molecule is Cc1cc(CNC(C)C)cnc1N(CC1CC1)C(C)C. The van der Waals surface area contributed by atoms with Gasteiger partial charge < -0.3 is 10.2 Å². The Morgan fingerprint density at radius 1 is 1.30 bits per heavy atom. The molecule has 1 N–H and O–H groups in total. The maximum absolute atomic E-state index is 4.74. The highest BCUT2D eigenvalue weighted by Crippen LogP contribution is 2.32. The van der Waals surface area contributed by atoms with Gasteiger partial charge in [0.2, 0.25) is 0 Å². The summed E-state index contributed by atoms with van der Waals surface area (Å²) in [4.78, 5) is 7.21. The second-order valence-electron chi connectivity index (χ2n) is 6.71. The second kappa shape index (κ2) is 6.57. The fraction of sp³-hybridized carbons (Fsp3) is 0.706. The number of anilines is 1. The zero-order chi connectivity index (χ0) is 14.7. The van der Waals surface area contributed by atoms with Crippen molar-refractivity contribution in [1.29, 1.82) is 0 Å². The van der Waals surface area contributed by atoms with Gasteiger partial charge in [-0.3, -0.25) is 0 Å². The van der Waals surface area contributed by atoms with Crippen LogP contribution in [0.25, 0.3) is 0 Å². The number of rotatable bonds is 7. The number of hydrogen-bond acceptors (Lipinski definition) is 3. The third-order valence-electron chi connectivity index (χ3n) is 3.87. The van der Waals surface area contributed by atoms with E-state index in [0.29, 0.717) is 12.1 Å². The van der Waals surface area contributed by atoms with E-state index in [-0.39, 0.29) is 0 Å². The van der Waals surface area contributed by atoms with E-state index in [2.05, 4.69) is 50.9 Å². The van der Waals surface area contributed by atoms with Crippen molar-refractivity contribution in [2.45, 2.75) is 66.1 Å². The molecular formula is C17H29N3. The molecule has 0 aliphatic heterocycles. The highest BCUT2D eigenvalue weighted by atomic mass is 15.2. The lowest BCUT2D eigenvalue weighted by Gasteiger charge is -2.29. The first-order valence-corrected chi connectivity index (χ1v) is 7.93. The molecule has 3 nitrogen and oxygen atoms in total. The summed E-state index contributed by atoms with van der Waals surface area (Å²) in [6.07, 6.45) is 4.80. The largest absolute Gasteiger partial charge is 0.354 e. The molecule has 1 saturated carbocycles. The topological polar surface area (TPSA) is 28.2 Å². The summed E-state index contributed by atoms with van der Waals surface area (Å²) in [5.41, 5.74) is 2.57. The van der Waals surface area contributed by atoms with Crippen LogP contribution in [0.5, 0.6) is 0 Å². The van der Waals surface area contributed by atoms with E-state index in [9.17, 15) is 0 Å². The van der Waals surface area contributed by atoms with Crippen molar-refractivity contribution >= 4 is 5.82 Å². The van der Waals surface area contributed by atoms with Crippen molar-refractivity contribution in [1.82, 2.24) is 10.3 Å². The van der Waals surface area contributed by atoms with Gasteiger partial charge in [0.15, 0.2) is 0 Å². The van der Waals surface area contributed by atoms with Gasteiger partial charge in [-0.25, -0.2) is 4.98 Å². The molecule has 0 saturated heterocycles. The first-order valence-electron chi connectivity index (χ1n) is 7.93. The van der Waals surface area contributed by atoms with Crippen LogP contribution in [0.4, 0.5) is 5.82 Å². The van der Waals surface area contributed by atoms with E-state index < -0.39 is 0 Å². The van der Waals surface area contributed by atoms with Gasteiger partial charge in [0.05, 0.1) is 0 Å². The summed E-state index contributed by atoms with van der Waals surface area (Å²) < 4.78 is 0. The molecule has 2 rings (SSSR count). The van der Waals surface area contributed by atoms with Gasteiger partial charge in [0.25, 0.3) is 0 Å². The monoisotopic (exact) mass is 275 g/mol. The summed E-state index contributed by atoms with van der Waals surface area (Å²) in [6, 6.07) is 3.30. The lowest BCUT2D eigenvalue weighted by atomic mass is 10.1. The number of nitrogens with one attached hydrogen (secondary N) is 1. The minimum absolute atomic E-state index is 0.511. The van der Waals surface area contributed by atoms with Crippen molar-refractivity contribution in [3.63, 3.8) is 0 Å². The number of nitrogens with zero attached hydrogens (tertiary/aromatic N) is 2. The Kier molecular flexibility index (Phi) is 5.03. The summed E-state index contributed by atoms with van der Waals surface area (Å²) >= 11 is 0. The Morgan fingerprint density at radius 3 is 2.50 bits per heavy atom. The van der Waals surface area contributed by atoms with E-state index in [1.807, 2.05) is 6.20 Å². The van der Waals surface area contributed by atoms with E-state index in [0.717, 1.165) is 19.0 Å². The van der Waals surface area contributed by atoms with Crippen LogP contribution in [0, 0.1) is 12.8 Å². The Bertz CT molecular complexity index is 436. The predicted octanol–water partition coefficient (Wildman–Crippen LogP) is 3.51. The Balaban J connectivity index is 2.09. The quantitative estimate of drug-likeness (QED) is 0.825. The molecule has 0 unspecified atom stereocenters. The summed E-state index contributed by atoms with van der Waals surface area (Å²) in [5, 5.41) is 3.45. The first kappa shape index (κ1) is 15.3. The molecule has 0 radical (unpaired) electrons. The third kappa shape index (κ3) is 4.20. The van der Waals surface area contributed by atoms with Gasteiger partial charge in [-0.15, -0.1) is 0 Å². The standard InChI is InChI=1S/C17H29N3/c1-12(2)18-9-16-8-14(5)17(19-10-16)20(13(3)4)11-15-6-7-15/h8,10,12-13,15,18H,6-7,9,11H2,1-5H3. The number of aryl methyl sites for hydroxylation is 1. The molecule has 112 valence electrons. The smallest absolute Gasteiger partial charge is 0.131 e. The van der Waals surface area contributed by atoms with Crippen LogP contribution in [-0.2, 0) is 6.54 Å². The van der Waals surface area contributed by atoms with Gasteiger partial charge >= 0.3 is 0 Å². The van der Waals surface area contributed by atoms with Crippen molar-refractivity contribution in [2.75, 3.05) is 11.4 Å². The Hall–Kier alpha value is -1.09. The highest BCUT2D eigenvalue weighted by Gasteiger charge is 2.26. The van der Waals surface area contributed by atoms with Gasteiger partial charge in [-0.1, -0.05) is 13.8 Å². The predicted molar refractivity (Wildman–Crippen MR) is 86.2 cm³/mol. The molecule has 1 aromatic heterocycles. The van der Waals surface area contributed by atoms with Crippen molar-refractivity contribution < 1.29 is 0 Å². The summed E-state index contributed by atoms with van der Waals surface area (Å²) in [7, 11) is 0. The molecule has 1 aliphatic rings. The Labute approximate surface area is 123 Å². The van der Waals surface area contributed by atoms with Crippen LogP contribution in [0.1, 0.15) is 51.7 Å². The van der Waals surface area contributed by atoms with Crippen LogP contribution in [0.3, 0.4) is 0 Å². The van der Waals surface area contributed by atoms with Gasteiger partial charge in [-0.2, -0.15) is 0 Å². The van der Waals surface area contributed by atoms with Crippen LogP contribution < -0.4 is 10.2 Å². The third-order valence-corrected chi connectivity index (χ3v) is 3.87. The van der Waals surface area contributed by atoms with Gasteiger partial charge in [0, 0.05) is 31.4 Å². The molecule has 3 heteroatoms. The molecule has 0 amide bonds. The number of pyridine rings is 1. The minimum Gasteiger partial charge on any atom is -0.354 e. The summed E-state index contributed by atoms with van der Waals surface area (Å²) in [5.74, 6) is 2.06. The second-order valence-corrected chi connectivity index (χ2v) is 6.71. The number of hydrogen-bond donors (Lipinski definition) is 1. The van der Waals surface area contributed by atoms with Crippen LogP contribution in [0.2, 0.25) is 0 Å². The van der Waals surface area contributed by atoms with Gasteiger partial charge in [-0.05, 0) is 56.7 Å². The average Bonchev–Trinajstić information content (AvgIpc) is 3.18. The maximum Gasteiger partial charge on any atom is 0.131 e. The van der Waals surface area contributed by atoms with E-state index in [1.54, 1.807) is 0 Å². The highest BCUT2D eigenvalue weighted by molar-refractivity contribution is 5.48. The average molecular weight is 275 g/mol. The molecule has 20 heavy (non-hydrogen) atoms. The van der Waals surface area contributed by atoms with Crippen LogP contribution in [0.15, 0.2) is 12.3 Å². The van der Waals surface area contributed by atoms with Crippen LogP contribution >= 0.6 is 0 Å². The molecule has 0 spiro atoms. The molecule has 1 heterocycles. The lowest BCUT2D eigenvalue weighted by Crippen LogP contribution is -2.34. The zero-order valence-electron chi connectivity index (χ0n) is 13.6. The summed E-state index contributed by atoms with van der Waals surface area (Å²) in [6.45, 7) is 13.1. The molecule has 0 atom stereocenters. The molecule has 1 aliphatic carbocycles. The van der Waals surface area contributed by atoms with E-state index >= 15 is 0 Å². The molecular weight excluding hydrogens is 246 g/mol. The first-order chi connectivity index (χ1) is 9.47. The van der Waals surface area contributed by atoms with E-state index in [1.165, 1.54) is 29.8 Å². The van der Waals surface area contributed by atoms with Gasteiger partial charge in [0.1, 0.15) is 5.82 Å². The fourth-order valence-electron chi connectivity index (χ4n) is 2.47. The molecule has 0 bridgehead atoms. The Morgan fingerprint density at radius 2 is 2.00 bits per heavy atom.